The van der Waals surface area contributed by atoms with Crippen molar-refractivity contribution in [3.8, 4) is 0 Å². The number of hydrogen-bond acceptors (Lipinski definition) is 6. The van der Waals surface area contributed by atoms with E-state index in [4.69, 9.17) is 4.74 Å². The predicted octanol–water partition coefficient (Wildman–Crippen LogP) is 1.42. The van der Waals surface area contributed by atoms with Gasteiger partial charge >= 0.3 is 5.97 Å². The Kier molecular flexibility index (Phi) is 6.67. The molecule has 5 nitrogen and oxygen atoms in total. The van der Waals surface area contributed by atoms with E-state index in [1.807, 2.05) is 6.92 Å². The van der Waals surface area contributed by atoms with Crippen LogP contribution in [-0.4, -0.2) is 41.4 Å². The number of nitrogens with one attached hydrogen (secondary N) is 1. The van der Waals surface area contributed by atoms with Crippen molar-refractivity contribution in [3.05, 3.63) is 18.0 Å². The Morgan fingerprint density at radius 1 is 1.50 bits per heavy atom. The third kappa shape index (κ3) is 5.01. The van der Waals surface area contributed by atoms with Gasteiger partial charge in [0, 0.05) is 18.1 Å². The Balaban J connectivity index is 2.35. The highest BCUT2D eigenvalue weighted by Gasteiger charge is 2.17. The maximum Gasteiger partial charge on any atom is 0.323 e. The molecule has 0 bridgehead atoms. The summed E-state index contributed by atoms with van der Waals surface area (Å²) in [6, 6.07) is -0.261. The minimum Gasteiger partial charge on any atom is -0.465 e. The van der Waals surface area contributed by atoms with Crippen molar-refractivity contribution >= 4 is 17.7 Å². The molecule has 1 aromatic heterocycles. The number of ether oxygens (including phenoxy) is 1. The summed E-state index contributed by atoms with van der Waals surface area (Å²) < 4.78 is 4.97. The monoisotopic (exact) mass is 269 g/mol. The van der Waals surface area contributed by atoms with Gasteiger partial charge in [0.2, 0.25) is 0 Å². The van der Waals surface area contributed by atoms with Crippen molar-refractivity contribution in [2.75, 3.05) is 19.4 Å². The van der Waals surface area contributed by atoms with Crippen LogP contribution in [0.2, 0.25) is 0 Å². The fourth-order valence-corrected chi connectivity index (χ4v) is 2.14. The quantitative estimate of drug-likeness (QED) is 0.459. The second-order valence-electron chi connectivity index (χ2n) is 3.77. The second kappa shape index (κ2) is 8.05. The first-order valence-electron chi connectivity index (χ1n) is 5.92. The molecule has 1 rings (SSSR count). The van der Waals surface area contributed by atoms with Gasteiger partial charge in [-0.15, -0.1) is 0 Å². The predicted molar refractivity (Wildman–Crippen MR) is 71.6 cm³/mol. The second-order valence-corrected chi connectivity index (χ2v) is 4.84. The topological polar surface area (TPSA) is 64.1 Å². The molecular weight excluding hydrogens is 250 g/mol. The van der Waals surface area contributed by atoms with Gasteiger partial charge in [-0.1, -0.05) is 11.8 Å². The molecular formula is C12H19N3O2S. The maximum absolute atomic E-state index is 11.5. The molecule has 1 aromatic rings. The number of esters is 1. The van der Waals surface area contributed by atoms with Gasteiger partial charge in [0.1, 0.15) is 6.04 Å². The summed E-state index contributed by atoms with van der Waals surface area (Å²) in [5.41, 5.74) is 1.04. The van der Waals surface area contributed by atoms with Gasteiger partial charge in [-0.3, -0.25) is 4.79 Å². The molecule has 18 heavy (non-hydrogen) atoms. The Labute approximate surface area is 112 Å². The van der Waals surface area contributed by atoms with Crippen LogP contribution in [-0.2, 0) is 9.53 Å². The van der Waals surface area contributed by atoms with Crippen LogP contribution >= 0.6 is 11.8 Å². The highest BCUT2D eigenvalue weighted by atomic mass is 32.2. The SMILES string of the molecule is CCOC(=O)C(CCSc1ncc(C)cn1)NC. The minimum absolute atomic E-state index is 0.203. The molecule has 0 aromatic carbocycles. The Hall–Kier alpha value is -1.14. The molecule has 0 fully saturated rings. The molecule has 0 spiro atoms. The number of likely N-dealkylation sites (N-methyl/N-ethyl adjacent to an activating group) is 1. The maximum atomic E-state index is 11.5. The lowest BCUT2D eigenvalue weighted by molar-refractivity contribution is -0.145. The summed E-state index contributed by atoms with van der Waals surface area (Å²) in [6.07, 6.45) is 4.27. The summed E-state index contributed by atoms with van der Waals surface area (Å²) in [6.45, 7) is 4.16. The smallest absolute Gasteiger partial charge is 0.323 e. The standard InChI is InChI=1S/C12H19N3O2S/c1-4-17-11(16)10(13-3)5-6-18-12-14-7-9(2)8-15-12/h7-8,10,13H,4-6H2,1-3H3. The van der Waals surface area contributed by atoms with E-state index in [9.17, 15) is 4.79 Å². The van der Waals surface area contributed by atoms with Gasteiger partial charge in [-0.05, 0) is 32.9 Å². The highest BCUT2D eigenvalue weighted by Crippen LogP contribution is 2.14. The summed E-state index contributed by atoms with van der Waals surface area (Å²) in [4.78, 5) is 19.9. The summed E-state index contributed by atoms with van der Waals surface area (Å²) in [7, 11) is 1.76. The van der Waals surface area contributed by atoms with E-state index in [-0.39, 0.29) is 12.0 Å². The van der Waals surface area contributed by atoms with Gasteiger partial charge in [-0.25, -0.2) is 9.97 Å². The molecule has 1 unspecified atom stereocenters. The van der Waals surface area contributed by atoms with E-state index in [1.54, 1.807) is 26.4 Å². The molecule has 0 saturated heterocycles. The van der Waals surface area contributed by atoms with E-state index >= 15 is 0 Å². The average molecular weight is 269 g/mol. The fraction of sp³-hybridized carbons (Fsp3) is 0.583. The van der Waals surface area contributed by atoms with Crippen molar-refractivity contribution in [2.45, 2.75) is 31.5 Å². The molecule has 0 aliphatic heterocycles. The van der Waals surface area contributed by atoms with E-state index in [0.717, 1.165) is 16.5 Å². The lowest BCUT2D eigenvalue weighted by Crippen LogP contribution is -2.36. The zero-order valence-electron chi connectivity index (χ0n) is 11.0. The van der Waals surface area contributed by atoms with E-state index in [0.29, 0.717) is 13.0 Å². The van der Waals surface area contributed by atoms with Crippen LogP contribution in [0, 0.1) is 6.92 Å². The van der Waals surface area contributed by atoms with Crippen LogP contribution in [0.4, 0.5) is 0 Å². The lowest BCUT2D eigenvalue weighted by Gasteiger charge is -2.13. The average Bonchev–Trinajstić information content (AvgIpc) is 2.37. The number of aromatic nitrogens is 2. The zero-order valence-corrected chi connectivity index (χ0v) is 11.8. The number of thioether (sulfide) groups is 1. The van der Waals surface area contributed by atoms with E-state index in [1.165, 1.54) is 11.8 Å². The van der Waals surface area contributed by atoms with Crippen LogP contribution in [0.5, 0.6) is 0 Å². The normalized spacial score (nSPS) is 12.2. The molecule has 0 aliphatic rings. The number of nitrogens with zero attached hydrogens (tertiary/aromatic N) is 2. The van der Waals surface area contributed by atoms with Gasteiger partial charge in [-0.2, -0.15) is 0 Å². The largest absolute Gasteiger partial charge is 0.465 e. The molecule has 100 valence electrons. The summed E-state index contributed by atoms with van der Waals surface area (Å²) in [5, 5.41) is 3.69. The number of carbonyl (C=O) groups excluding carboxylic acids is 1. The molecule has 0 saturated carbocycles. The van der Waals surface area contributed by atoms with Crippen molar-refractivity contribution in [3.63, 3.8) is 0 Å². The summed E-state index contributed by atoms with van der Waals surface area (Å²) in [5.74, 6) is 0.568. The van der Waals surface area contributed by atoms with Crippen molar-refractivity contribution in [2.24, 2.45) is 0 Å². The number of aryl methyl sites for hydroxylation is 1. The Morgan fingerprint density at radius 2 is 2.17 bits per heavy atom. The zero-order chi connectivity index (χ0) is 13.4. The van der Waals surface area contributed by atoms with Gasteiger partial charge < -0.3 is 10.1 Å². The molecule has 1 heterocycles. The lowest BCUT2D eigenvalue weighted by atomic mass is 10.2. The van der Waals surface area contributed by atoms with Gasteiger partial charge in [0.05, 0.1) is 6.61 Å². The summed E-state index contributed by atoms with van der Waals surface area (Å²) >= 11 is 1.54. The number of carbonyl (C=O) groups is 1. The van der Waals surface area contributed by atoms with Crippen LogP contribution in [0.3, 0.4) is 0 Å². The highest BCUT2D eigenvalue weighted by molar-refractivity contribution is 7.99. The first kappa shape index (κ1) is 14.9. The first-order valence-corrected chi connectivity index (χ1v) is 6.91. The first-order chi connectivity index (χ1) is 8.67. The molecule has 0 radical (unpaired) electrons. The molecule has 0 amide bonds. The molecule has 6 heteroatoms. The third-order valence-electron chi connectivity index (χ3n) is 2.31. The Bertz CT molecular complexity index is 370. The van der Waals surface area contributed by atoms with Gasteiger partial charge in [0.25, 0.3) is 0 Å². The van der Waals surface area contributed by atoms with Crippen molar-refractivity contribution in [1.29, 1.82) is 0 Å². The molecule has 0 aliphatic carbocycles. The number of rotatable bonds is 7. The van der Waals surface area contributed by atoms with E-state index < -0.39 is 0 Å². The third-order valence-corrected chi connectivity index (χ3v) is 3.22. The van der Waals surface area contributed by atoms with Crippen molar-refractivity contribution in [1.82, 2.24) is 15.3 Å². The van der Waals surface area contributed by atoms with Crippen LogP contribution in [0.25, 0.3) is 0 Å². The van der Waals surface area contributed by atoms with Crippen LogP contribution in [0.15, 0.2) is 17.6 Å². The minimum atomic E-state index is -0.261. The Morgan fingerprint density at radius 3 is 2.72 bits per heavy atom. The van der Waals surface area contributed by atoms with Crippen LogP contribution < -0.4 is 5.32 Å². The van der Waals surface area contributed by atoms with E-state index in [2.05, 4.69) is 15.3 Å². The number of hydrogen-bond donors (Lipinski definition) is 1. The fourth-order valence-electron chi connectivity index (χ4n) is 1.35. The molecule has 1 atom stereocenters. The molecule has 1 N–H and O–H groups in total. The van der Waals surface area contributed by atoms with Gasteiger partial charge in [0.15, 0.2) is 5.16 Å². The van der Waals surface area contributed by atoms with Crippen molar-refractivity contribution < 1.29 is 9.53 Å². The van der Waals surface area contributed by atoms with Crippen LogP contribution in [0.1, 0.15) is 18.9 Å².